The van der Waals surface area contributed by atoms with Crippen LogP contribution >= 0.6 is 0 Å². The van der Waals surface area contributed by atoms with E-state index >= 15 is 0 Å². The topological polar surface area (TPSA) is 124 Å². The molecule has 3 aromatic heterocycles. The largest absolute Gasteiger partial charge is 0.481 e. The van der Waals surface area contributed by atoms with Gasteiger partial charge in [-0.1, -0.05) is 147 Å². The molecule has 0 unspecified atom stereocenters. The number of anilines is 1. The monoisotopic (exact) mass is 1040 g/mol. The summed E-state index contributed by atoms with van der Waals surface area (Å²) in [6, 6.07) is 22.3. The van der Waals surface area contributed by atoms with Crippen LogP contribution in [0.5, 0.6) is 0 Å². The molecule has 4 N–H and O–H groups in total. The third kappa shape index (κ3) is 13.3. The maximum atomic E-state index is 13.7. The third-order valence-corrected chi connectivity index (χ3v) is 17.4. The Morgan fingerprint density at radius 2 is 0.909 bits per heavy atom. The minimum absolute atomic E-state index is 0.0335. The molecule has 8 heteroatoms. The van der Waals surface area contributed by atoms with E-state index in [0.717, 1.165) is 113 Å². The van der Waals surface area contributed by atoms with Gasteiger partial charge >= 0.3 is 5.97 Å². The Morgan fingerprint density at radius 1 is 0.519 bits per heavy atom. The Balaban J connectivity index is 1.45. The third-order valence-electron chi connectivity index (χ3n) is 17.4. The number of nitrogens with zero attached hydrogens (tertiary/aromatic N) is 2. The lowest BCUT2D eigenvalue weighted by molar-refractivity contribution is -0.143. The first kappa shape index (κ1) is 57.2. The summed E-state index contributed by atoms with van der Waals surface area (Å²) in [5.41, 5.74) is 25.5. The number of hydrogen-bond donors (Lipinski definition) is 4. The quantitative estimate of drug-likeness (QED) is 0.0434. The Hall–Kier alpha value is -6.02. The van der Waals surface area contributed by atoms with Crippen LogP contribution in [-0.2, 0) is 22.4 Å². The maximum absolute atomic E-state index is 13.7. The summed E-state index contributed by atoms with van der Waals surface area (Å²) in [4.78, 5) is 45.4. The second-order valence-corrected chi connectivity index (χ2v) is 23.0. The number of aromatic amines is 2. The van der Waals surface area contributed by atoms with Gasteiger partial charge in [0, 0.05) is 33.8 Å². The predicted octanol–water partition coefficient (Wildman–Crippen LogP) is 19.5. The molecule has 5 heterocycles. The van der Waals surface area contributed by atoms with Crippen LogP contribution in [0.4, 0.5) is 5.69 Å². The lowest BCUT2D eigenvalue weighted by Crippen LogP contribution is -2.29. The van der Waals surface area contributed by atoms with Crippen molar-refractivity contribution >= 4 is 61.9 Å². The molecule has 1 aliphatic carbocycles. The van der Waals surface area contributed by atoms with Crippen molar-refractivity contribution in [3.8, 4) is 22.3 Å². The van der Waals surface area contributed by atoms with Crippen LogP contribution in [0.15, 0.2) is 60.7 Å². The van der Waals surface area contributed by atoms with Crippen LogP contribution in [0, 0.1) is 32.6 Å². The van der Waals surface area contributed by atoms with E-state index < -0.39 is 5.97 Å². The van der Waals surface area contributed by atoms with Gasteiger partial charge in [0.1, 0.15) is 0 Å². The van der Waals surface area contributed by atoms with E-state index in [1.165, 1.54) is 138 Å². The molecule has 1 amide bonds. The van der Waals surface area contributed by atoms with Crippen LogP contribution in [0.2, 0.25) is 0 Å². The molecule has 1 saturated carbocycles. The summed E-state index contributed by atoms with van der Waals surface area (Å²) in [5.74, 6) is -1.35. The van der Waals surface area contributed by atoms with Crippen LogP contribution in [0.1, 0.15) is 233 Å². The van der Waals surface area contributed by atoms with Crippen LogP contribution in [0.3, 0.4) is 0 Å². The number of unbranched alkanes of at least 4 members (excludes halogenated alkanes) is 12. The first-order valence-electron chi connectivity index (χ1n) is 30.3. The van der Waals surface area contributed by atoms with Crippen molar-refractivity contribution in [1.29, 1.82) is 0 Å². The highest BCUT2D eigenvalue weighted by Crippen LogP contribution is 2.45. The Labute approximate surface area is 461 Å². The summed E-state index contributed by atoms with van der Waals surface area (Å²) in [5, 5.41) is 12.8. The zero-order valence-corrected chi connectivity index (χ0v) is 48.6. The molecular formula is C69H91N5O3. The lowest BCUT2D eigenvalue weighted by Gasteiger charge is -2.25. The van der Waals surface area contributed by atoms with Crippen molar-refractivity contribution in [2.24, 2.45) is 11.8 Å². The number of hydrogen-bond acceptors (Lipinski definition) is 4. The number of fused-ring (bicyclic) bond motifs is 8. The number of amides is 1. The van der Waals surface area contributed by atoms with Crippen molar-refractivity contribution in [3.05, 3.63) is 111 Å². The highest BCUT2D eigenvalue weighted by atomic mass is 16.4. The van der Waals surface area contributed by atoms with Gasteiger partial charge in [0.2, 0.25) is 5.91 Å². The van der Waals surface area contributed by atoms with Gasteiger partial charge in [0.15, 0.2) is 0 Å². The first-order valence-corrected chi connectivity index (χ1v) is 30.3. The van der Waals surface area contributed by atoms with Crippen LogP contribution < -0.4 is 5.32 Å². The molecule has 0 spiro atoms. The van der Waals surface area contributed by atoms with Gasteiger partial charge in [-0.25, -0.2) is 9.97 Å². The molecule has 8 bridgehead atoms. The van der Waals surface area contributed by atoms with E-state index in [-0.39, 0.29) is 17.7 Å². The molecule has 2 aromatic carbocycles. The fourth-order valence-electron chi connectivity index (χ4n) is 12.5. The highest BCUT2D eigenvalue weighted by molar-refractivity contribution is 6.04. The number of carboxylic acid groups (broad SMARTS) is 1. The summed E-state index contributed by atoms with van der Waals surface area (Å²) in [7, 11) is 0. The average Bonchev–Trinajstić information content (AvgIpc) is 4.11. The summed E-state index contributed by atoms with van der Waals surface area (Å²) in [6.45, 7) is 20.6. The number of aliphatic carboxylic acids is 1. The molecule has 0 atom stereocenters. The van der Waals surface area contributed by atoms with E-state index in [2.05, 4.69) is 126 Å². The van der Waals surface area contributed by atoms with E-state index in [1.54, 1.807) is 0 Å². The number of nitrogens with one attached hydrogen (secondary N) is 3. The standard InChI is InChI=1S/C69H91N5O3/c1-10-14-18-22-26-54-45(6)64-62(49-32-30-44(5)31-33-49)65-46(7)55(27-23-19-15-11-2)59(72-65)43-61-57(29-25-21-17-13-4)48(9)67(74-61)63(66-47(8)56(28-24-20-16-12-3)60(73-66)42-58(54)71-64)50-38-40-53(41-39-50)70-68(75)51-34-36-52(37-35-51)69(76)77/h30-33,38-43,51-52,71,74H,10-29,34-37H2,1-9H3,(H,70,75)(H,76,77). The van der Waals surface area contributed by atoms with Gasteiger partial charge < -0.3 is 20.4 Å². The number of carboxylic acids is 1. The Kier molecular flexibility index (Phi) is 20.1. The van der Waals surface area contributed by atoms with E-state index in [0.29, 0.717) is 25.7 Å². The van der Waals surface area contributed by atoms with Crippen LogP contribution in [-0.4, -0.2) is 36.9 Å². The minimum Gasteiger partial charge on any atom is -0.481 e. The lowest BCUT2D eigenvalue weighted by atomic mass is 9.81. The molecule has 410 valence electrons. The first-order chi connectivity index (χ1) is 37.4. The number of carbonyl (C=O) groups is 2. The van der Waals surface area contributed by atoms with E-state index in [4.69, 9.17) is 9.97 Å². The molecule has 8 nitrogen and oxygen atoms in total. The van der Waals surface area contributed by atoms with Gasteiger partial charge in [-0.05, 0) is 192 Å². The number of H-pyrrole nitrogens is 2. The van der Waals surface area contributed by atoms with Crippen molar-refractivity contribution < 1.29 is 14.7 Å². The van der Waals surface area contributed by atoms with Gasteiger partial charge in [-0.15, -0.1) is 0 Å². The number of rotatable bonds is 25. The zero-order valence-electron chi connectivity index (χ0n) is 48.6. The molecule has 5 aromatic rings. The average molecular weight is 1040 g/mol. The molecule has 8 rings (SSSR count). The highest BCUT2D eigenvalue weighted by Gasteiger charge is 2.31. The number of allylic oxidation sites excluding steroid dienone is 4. The minimum atomic E-state index is -0.758. The number of aromatic nitrogens is 4. The SMILES string of the molecule is CCCCCCC1=C(C)c2nc1cc1[nH]c(c(C)c1CCCCCC)c(-c1ccc(C)cc1)c1nc(cc3[nH]c(c(C)c3CCCCCC)c2-c2ccc(NC(=O)C3CCC(C(=O)O)CC3)cc2)C(CCCCCC)=C1C. The van der Waals surface area contributed by atoms with Crippen molar-refractivity contribution in [3.63, 3.8) is 0 Å². The summed E-state index contributed by atoms with van der Waals surface area (Å²) < 4.78 is 0. The number of aryl methyl sites for hydroxylation is 5. The fourth-order valence-corrected chi connectivity index (χ4v) is 12.5. The van der Waals surface area contributed by atoms with Gasteiger partial charge in [-0.3, -0.25) is 9.59 Å². The molecular weight excluding hydrogens is 947 g/mol. The normalized spacial score (nSPS) is 15.7. The summed E-state index contributed by atoms with van der Waals surface area (Å²) in [6.07, 6.45) is 24.9. The van der Waals surface area contributed by atoms with Crippen LogP contribution in [0.25, 0.3) is 66.6 Å². The molecule has 0 saturated heterocycles. The van der Waals surface area contributed by atoms with Crippen molar-refractivity contribution in [1.82, 2.24) is 19.9 Å². The zero-order chi connectivity index (χ0) is 54.6. The van der Waals surface area contributed by atoms with Gasteiger partial charge in [0.05, 0.1) is 39.7 Å². The van der Waals surface area contributed by atoms with Crippen molar-refractivity contribution in [2.75, 3.05) is 5.32 Å². The molecule has 77 heavy (non-hydrogen) atoms. The molecule has 3 aliphatic rings. The summed E-state index contributed by atoms with van der Waals surface area (Å²) >= 11 is 0. The second-order valence-electron chi connectivity index (χ2n) is 23.0. The Bertz CT molecular complexity index is 3100. The van der Waals surface area contributed by atoms with Gasteiger partial charge in [-0.2, -0.15) is 0 Å². The van der Waals surface area contributed by atoms with Gasteiger partial charge in [0.25, 0.3) is 0 Å². The molecule has 1 fully saturated rings. The fraction of sp³-hybridized carbons (Fsp3) is 0.507. The predicted molar refractivity (Wildman–Crippen MR) is 326 cm³/mol. The molecule has 0 radical (unpaired) electrons. The van der Waals surface area contributed by atoms with Crippen molar-refractivity contribution in [2.45, 2.75) is 216 Å². The second kappa shape index (κ2) is 27.0. The number of carbonyl (C=O) groups excluding carboxylic acids is 1. The maximum Gasteiger partial charge on any atom is 0.306 e. The number of benzene rings is 2. The van der Waals surface area contributed by atoms with E-state index in [1.807, 2.05) is 12.1 Å². The van der Waals surface area contributed by atoms with E-state index in [9.17, 15) is 14.7 Å². The smallest absolute Gasteiger partial charge is 0.306 e. The Morgan fingerprint density at radius 3 is 1.31 bits per heavy atom. The molecule has 2 aliphatic heterocycles.